The van der Waals surface area contributed by atoms with E-state index in [1.807, 2.05) is 33.8 Å². The fourth-order valence-electron chi connectivity index (χ4n) is 3.29. The topological polar surface area (TPSA) is 58.2 Å². The van der Waals surface area contributed by atoms with E-state index in [0.29, 0.717) is 24.2 Å². The van der Waals surface area contributed by atoms with Crippen molar-refractivity contribution < 1.29 is 22.2 Å². The highest BCUT2D eigenvalue weighted by atomic mass is 32.2. The van der Waals surface area contributed by atoms with Crippen LogP contribution in [0.1, 0.15) is 84.7 Å². The van der Waals surface area contributed by atoms with Gasteiger partial charge in [-0.1, -0.05) is 71.6 Å². The molecular weight excluding hydrogens is 572 g/mol. The monoisotopic (exact) mass is 616 g/mol. The lowest BCUT2D eigenvalue weighted by Crippen LogP contribution is -2.23. The molecule has 3 unspecified atom stereocenters. The van der Waals surface area contributed by atoms with Crippen molar-refractivity contribution in [2.45, 2.75) is 84.6 Å². The first-order chi connectivity index (χ1) is 18.2. The van der Waals surface area contributed by atoms with Gasteiger partial charge in [-0.3, -0.25) is 9.52 Å². The van der Waals surface area contributed by atoms with Crippen LogP contribution >= 0.6 is 19.9 Å². The molecule has 2 aromatic rings. The molecule has 3 atom stereocenters. The molecule has 40 heavy (non-hydrogen) atoms. The van der Waals surface area contributed by atoms with E-state index in [0.717, 1.165) is 28.3 Å². The molecule has 10 heteroatoms. The van der Waals surface area contributed by atoms with Crippen molar-refractivity contribution in [3.8, 4) is 0 Å². The number of nitrogens with one attached hydrogen (secondary N) is 2. The second-order valence-electron chi connectivity index (χ2n) is 11.8. The molecule has 0 spiro atoms. The maximum atomic E-state index is 14.2. The van der Waals surface area contributed by atoms with Gasteiger partial charge in [0.05, 0.1) is 10.5 Å². The summed E-state index contributed by atoms with van der Waals surface area (Å²) in [6.07, 6.45) is 0.725. The fraction of sp³-hybridized carbons (Fsp3) is 0.467. The molecule has 224 valence electrons. The van der Waals surface area contributed by atoms with E-state index in [-0.39, 0.29) is 32.4 Å². The van der Waals surface area contributed by atoms with Crippen molar-refractivity contribution >= 4 is 53.4 Å². The Bertz CT molecular complexity index is 1280. The minimum atomic E-state index is -1.80. The minimum absolute atomic E-state index is 0.161. The molecule has 2 rings (SSSR count). The number of hydrogen-bond donors (Lipinski definition) is 2. The number of allylic oxidation sites excluding steroid dienone is 1. The Hall–Kier alpha value is -1.64. The average molecular weight is 617 g/mol. The predicted molar refractivity (Wildman–Crippen MR) is 170 cm³/mol. The Kier molecular flexibility index (Phi) is 13.7. The first-order valence-electron chi connectivity index (χ1n) is 13.0. The van der Waals surface area contributed by atoms with Gasteiger partial charge >= 0.3 is 0 Å². The van der Waals surface area contributed by atoms with Crippen LogP contribution in [0.15, 0.2) is 40.6 Å². The quantitative estimate of drug-likeness (QED) is 0.174. The Morgan fingerprint density at radius 3 is 1.93 bits per heavy atom. The first kappa shape index (κ1) is 36.4. The predicted octanol–water partition coefficient (Wildman–Crippen LogP) is 7.57. The van der Waals surface area contributed by atoms with Crippen LogP contribution in [0, 0.1) is 28.3 Å². The third-order valence-corrected chi connectivity index (χ3v) is 9.11. The molecule has 0 aliphatic heterocycles. The van der Waals surface area contributed by atoms with Crippen LogP contribution < -0.4 is 14.7 Å². The van der Waals surface area contributed by atoms with Crippen LogP contribution in [0.3, 0.4) is 0 Å². The largest absolute Gasteiger partial charge is 0.293 e. The molecule has 0 saturated heterocycles. The number of rotatable bonds is 9. The zero-order valence-corrected chi connectivity index (χ0v) is 27.8. The van der Waals surface area contributed by atoms with E-state index in [1.54, 1.807) is 26.8 Å². The van der Waals surface area contributed by atoms with Gasteiger partial charge in [-0.2, -0.15) is 0 Å². The number of hydrogen-bond acceptors (Lipinski definition) is 3. The maximum absolute atomic E-state index is 14.2. The first-order valence-corrected chi connectivity index (χ1v) is 16.1. The van der Waals surface area contributed by atoms with Gasteiger partial charge in [0.1, 0.15) is 28.4 Å². The van der Waals surface area contributed by atoms with E-state index < -0.39 is 33.8 Å². The Morgan fingerprint density at radius 2 is 1.45 bits per heavy atom. The molecule has 0 saturated carbocycles. The van der Waals surface area contributed by atoms with Crippen molar-refractivity contribution in [1.82, 2.24) is 9.44 Å². The summed E-state index contributed by atoms with van der Waals surface area (Å²) in [5.74, 6) is 1.62. The summed E-state index contributed by atoms with van der Waals surface area (Å²) in [5.41, 5.74) is 0.203. The number of ketones is 1. The maximum Gasteiger partial charge on any atom is 0.171 e. The van der Waals surface area contributed by atoms with Crippen LogP contribution in [-0.2, 0) is 11.0 Å². The summed E-state index contributed by atoms with van der Waals surface area (Å²) in [5, 5.41) is 0.847. The van der Waals surface area contributed by atoms with Crippen LogP contribution in [0.4, 0.5) is 13.2 Å². The smallest absolute Gasteiger partial charge is 0.171 e. The second kappa shape index (κ2) is 15.0. The highest BCUT2D eigenvalue weighted by Crippen LogP contribution is 2.36. The second-order valence-corrected chi connectivity index (χ2v) is 15.1. The summed E-state index contributed by atoms with van der Waals surface area (Å²) in [4.78, 5) is 12.9. The van der Waals surface area contributed by atoms with Gasteiger partial charge < -0.3 is 0 Å². The van der Waals surface area contributed by atoms with Crippen molar-refractivity contribution in [2.24, 2.45) is 10.8 Å². The molecular formula is C30H44F3N2O2PS2. The molecule has 0 aromatic heterocycles. The van der Waals surface area contributed by atoms with Crippen LogP contribution in [0.2, 0.25) is 0 Å². The van der Waals surface area contributed by atoms with Gasteiger partial charge in [0.25, 0.3) is 0 Å². The van der Waals surface area contributed by atoms with E-state index >= 15 is 0 Å². The SMILES string of the molecule is C=C(c1cc(S(=C)NC(C)C)c(P)cc1F)C(C)(C)C.CCCNS(=O)c1cc(C(=O)C(C)(C)C)c(F)cc1F. The number of benzene rings is 2. The summed E-state index contributed by atoms with van der Waals surface area (Å²) in [6, 6.07) is 5.42. The lowest BCUT2D eigenvalue weighted by molar-refractivity contribution is 0.0853. The van der Waals surface area contributed by atoms with Gasteiger partial charge in [0.2, 0.25) is 0 Å². The number of carbonyl (C=O) groups excluding carboxylic acids is 1. The number of halogens is 3. The molecule has 0 fully saturated rings. The van der Waals surface area contributed by atoms with Crippen molar-refractivity contribution in [3.05, 3.63) is 59.4 Å². The highest BCUT2D eigenvalue weighted by molar-refractivity contribution is 8.12. The van der Waals surface area contributed by atoms with Crippen molar-refractivity contribution in [3.63, 3.8) is 0 Å². The normalized spacial score (nSPS) is 13.4. The molecule has 0 aliphatic rings. The van der Waals surface area contributed by atoms with Crippen molar-refractivity contribution in [2.75, 3.05) is 6.54 Å². The van der Waals surface area contributed by atoms with Crippen LogP contribution in [0.5, 0.6) is 0 Å². The molecule has 2 aromatic carbocycles. The molecule has 4 nitrogen and oxygen atoms in total. The molecule has 0 amide bonds. The van der Waals surface area contributed by atoms with Crippen LogP contribution in [-0.4, -0.2) is 28.4 Å². The number of Topliss-reactive ketones (excluding diaryl/α,β-unsaturated/α-hetero) is 1. The Balaban J connectivity index is 0.000000400. The molecule has 0 heterocycles. The summed E-state index contributed by atoms with van der Waals surface area (Å²) in [6.45, 7) is 21.6. The molecule has 2 N–H and O–H groups in total. The number of carbonyl (C=O) groups is 1. The third-order valence-electron chi connectivity index (χ3n) is 5.60. The van der Waals surface area contributed by atoms with E-state index in [2.05, 4.69) is 45.0 Å². The molecule has 0 radical (unpaired) electrons. The van der Waals surface area contributed by atoms with E-state index in [1.165, 1.54) is 0 Å². The molecule has 0 bridgehead atoms. The Morgan fingerprint density at radius 1 is 0.925 bits per heavy atom. The van der Waals surface area contributed by atoms with Gasteiger partial charge in [-0.05, 0) is 54.8 Å². The van der Waals surface area contributed by atoms with Gasteiger partial charge in [0, 0.05) is 34.5 Å². The standard InChI is InChI=1S/C16H25FNPS.C14H19F2NO2S/c1-10(2)18-20(7)15-8-12(11(3)16(4,5)6)13(17)9-14(15)19;1-5-6-17-20(19)12-7-9(10(15)8-11(12)16)13(18)14(2,3)4/h8-10,18H,3,7,19H2,1-2,4-6H3;7-8,17H,5-6H2,1-4H3. The minimum Gasteiger partial charge on any atom is -0.293 e. The lowest BCUT2D eigenvalue weighted by Gasteiger charge is -2.24. The third kappa shape index (κ3) is 10.3. The molecule has 0 aliphatic carbocycles. The summed E-state index contributed by atoms with van der Waals surface area (Å²) in [7, 11) is 0.428. The van der Waals surface area contributed by atoms with E-state index in [4.69, 9.17) is 0 Å². The van der Waals surface area contributed by atoms with E-state index in [9.17, 15) is 22.2 Å². The van der Waals surface area contributed by atoms with Crippen molar-refractivity contribution in [1.29, 1.82) is 0 Å². The highest BCUT2D eigenvalue weighted by Gasteiger charge is 2.28. The van der Waals surface area contributed by atoms with Gasteiger partial charge in [0.15, 0.2) is 5.78 Å². The Labute approximate surface area is 245 Å². The van der Waals surface area contributed by atoms with Crippen LogP contribution in [0.25, 0.3) is 5.57 Å². The zero-order chi connectivity index (χ0) is 31.2. The summed E-state index contributed by atoms with van der Waals surface area (Å²) < 4.78 is 59.5. The average Bonchev–Trinajstić information content (AvgIpc) is 2.80. The zero-order valence-electron chi connectivity index (χ0n) is 25.1. The van der Waals surface area contributed by atoms with Gasteiger partial charge in [-0.25, -0.2) is 22.1 Å². The fourth-order valence-corrected chi connectivity index (χ4v) is 6.25. The lowest BCUT2D eigenvalue weighted by atomic mass is 9.83. The summed E-state index contributed by atoms with van der Waals surface area (Å²) >= 11 is 0. The van der Waals surface area contributed by atoms with Gasteiger partial charge in [-0.15, -0.1) is 9.24 Å².